The van der Waals surface area contributed by atoms with E-state index in [-0.39, 0.29) is 9.60 Å². The van der Waals surface area contributed by atoms with E-state index in [0.29, 0.717) is 0 Å². The number of rotatable bonds is 3. The normalized spacial score (nSPS) is 12.6. The van der Waals surface area contributed by atoms with E-state index >= 15 is 0 Å². The molecular formula is C11H15BiO2. The maximum atomic E-state index is 11.6. The van der Waals surface area contributed by atoms with Crippen molar-refractivity contribution < 1.29 is 9.53 Å². The Labute approximate surface area is 93.0 Å². The van der Waals surface area contributed by atoms with Gasteiger partial charge >= 0.3 is 93.1 Å². The zero-order valence-electron chi connectivity index (χ0n) is 8.73. The Bertz CT molecular complexity index is 295. The first-order chi connectivity index (χ1) is 6.66. The molecule has 76 valence electrons. The van der Waals surface area contributed by atoms with Crippen LogP contribution in [0.5, 0.6) is 0 Å². The SMILES string of the molecule is COC(=O)[CH](c1ccccc1)[Bi]([CH3])[CH3]. The average Bonchev–Trinajstić information content (AvgIpc) is 2.19. The van der Waals surface area contributed by atoms with Crippen LogP contribution in [-0.4, -0.2) is 34.8 Å². The molecule has 0 aliphatic rings. The van der Waals surface area contributed by atoms with Crippen LogP contribution in [-0.2, 0) is 9.53 Å². The molecule has 2 nitrogen and oxygen atoms in total. The summed E-state index contributed by atoms with van der Waals surface area (Å²) in [6, 6.07) is 9.93. The van der Waals surface area contributed by atoms with Crippen LogP contribution in [0.2, 0.25) is 9.26 Å². The first-order valence-corrected chi connectivity index (χ1v) is 13.4. The van der Waals surface area contributed by atoms with Crippen molar-refractivity contribution in [1.29, 1.82) is 0 Å². The Balaban J connectivity index is 2.95. The van der Waals surface area contributed by atoms with Crippen molar-refractivity contribution in [2.24, 2.45) is 0 Å². The fourth-order valence-corrected chi connectivity index (χ4v) is 6.43. The summed E-state index contributed by atoms with van der Waals surface area (Å²) in [4.78, 5) is 11.6. The van der Waals surface area contributed by atoms with Gasteiger partial charge < -0.3 is 0 Å². The van der Waals surface area contributed by atoms with Crippen LogP contribution in [0.15, 0.2) is 30.3 Å². The third-order valence-electron chi connectivity index (χ3n) is 2.06. The summed E-state index contributed by atoms with van der Waals surface area (Å²) >= 11 is -1.68. The van der Waals surface area contributed by atoms with Gasteiger partial charge in [-0.1, -0.05) is 0 Å². The van der Waals surface area contributed by atoms with E-state index in [4.69, 9.17) is 4.74 Å². The van der Waals surface area contributed by atoms with Crippen LogP contribution in [0.3, 0.4) is 0 Å². The minimum absolute atomic E-state index is 0.0520. The number of methoxy groups -OCH3 is 1. The van der Waals surface area contributed by atoms with E-state index in [2.05, 4.69) is 9.26 Å². The van der Waals surface area contributed by atoms with Crippen LogP contribution in [0.1, 0.15) is 9.19 Å². The molecule has 0 aliphatic carbocycles. The van der Waals surface area contributed by atoms with Gasteiger partial charge in [-0.2, -0.15) is 0 Å². The maximum absolute atomic E-state index is 11.6. The van der Waals surface area contributed by atoms with Gasteiger partial charge in [-0.25, -0.2) is 0 Å². The summed E-state index contributed by atoms with van der Waals surface area (Å²) in [6.07, 6.45) is 0. The van der Waals surface area contributed by atoms with Crippen molar-refractivity contribution in [3.63, 3.8) is 0 Å². The summed E-state index contributed by atoms with van der Waals surface area (Å²) < 4.78 is 9.34. The molecule has 0 fully saturated rings. The summed E-state index contributed by atoms with van der Waals surface area (Å²) in [5.41, 5.74) is 1.11. The molecule has 1 rings (SSSR count). The van der Waals surface area contributed by atoms with Gasteiger partial charge in [0.05, 0.1) is 0 Å². The van der Waals surface area contributed by atoms with Crippen molar-refractivity contribution >= 4 is 27.7 Å². The molecule has 0 saturated carbocycles. The Morgan fingerprint density at radius 1 is 1.29 bits per heavy atom. The minimum atomic E-state index is -1.68. The zero-order chi connectivity index (χ0) is 10.6. The zero-order valence-corrected chi connectivity index (χ0v) is 12.2. The van der Waals surface area contributed by atoms with Gasteiger partial charge in [0.25, 0.3) is 0 Å². The van der Waals surface area contributed by atoms with Crippen molar-refractivity contribution in [3.05, 3.63) is 35.9 Å². The monoisotopic (exact) mass is 388 g/mol. The van der Waals surface area contributed by atoms with Gasteiger partial charge in [0, 0.05) is 0 Å². The molecule has 0 bridgehead atoms. The molecule has 0 N–H and O–H groups in total. The van der Waals surface area contributed by atoms with E-state index in [0.717, 1.165) is 5.56 Å². The molecule has 1 aromatic carbocycles. The number of ether oxygens (including phenoxy) is 1. The third kappa shape index (κ3) is 2.78. The van der Waals surface area contributed by atoms with Crippen molar-refractivity contribution in [2.75, 3.05) is 7.11 Å². The summed E-state index contributed by atoms with van der Waals surface area (Å²) in [5, 5.41) is 0. The van der Waals surface area contributed by atoms with Gasteiger partial charge in [-0.05, 0) is 0 Å². The second kappa shape index (κ2) is 5.45. The van der Waals surface area contributed by atoms with Crippen molar-refractivity contribution in [1.82, 2.24) is 0 Å². The molecule has 0 radical (unpaired) electrons. The number of benzene rings is 1. The molecule has 3 heteroatoms. The van der Waals surface area contributed by atoms with E-state index in [1.807, 2.05) is 30.3 Å². The van der Waals surface area contributed by atoms with E-state index in [1.165, 1.54) is 7.11 Å². The van der Waals surface area contributed by atoms with Crippen LogP contribution in [0, 0.1) is 0 Å². The molecule has 1 aromatic rings. The van der Waals surface area contributed by atoms with E-state index in [1.54, 1.807) is 0 Å². The molecule has 1 atom stereocenters. The second-order valence-corrected chi connectivity index (χ2v) is 12.8. The predicted molar refractivity (Wildman–Crippen MR) is 58.7 cm³/mol. The molecule has 0 aliphatic heterocycles. The molecule has 0 amide bonds. The molecule has 0 spiro atoms. The standard InChI is InChI=1S/C9H9O2.2CH3.Bi/c1-11-9(10)7-8-5-3-2-4-6-8;;;/h2-7H,1H3;2*1H3;. The fraction of sp³-hybridized carbons (Fsp3) is 0.364. The summed E-state index contributed by atoms with van der Waals surface area (Å²) in [7, 11) is 1.46. The number of carbonyl (C=O) groups is 1. The Kier molecular flexibility index (Phi) is 4.54. The number of carbonyl (C=O) groups excluding carboxylic acids is 1. The predicted octanol–water partition coefficient (Wildman–Crippen LogP) is 2.24. The van der Waals surface area contributed by atoms with Gasteiger partial charge in [-0.15, -0.1) is 0 Å². The first-order valence-electron chi connectivity index (χ1n) is 4.46. The Hall–Kier alpha value is -0.427. The topological polar surface area (TPSA) is 26.3 Å². The summed E-state index contributed by atoms with van der Waals surface area (Å²) in [5.74, 6) is -0.0704. The van der Waals surface area contributed by atoms with Gasteiger partial charge in [0.1, 0.15) is 0 Å². The summed E-state index contributed by atoms with van der Waals surface area (Å²) in [6.45, 7) is 0. The van der Waals surface area contributed by atoms with Crippen LogP contribution in [0.4, 0.5) is 0 Å². The number of hydrogen-bond acceptors (Lipinski definition) is 2. The first kappa shape index (κ1) is 11.6. The molecular weight excluding hydrogens is 373 g/mol. The van der Waals surface area contributed by atoms with Gasteiger partial charge in [0.2, 0.25) is 0 Å². The van der Waals surface area contributed by atoms with Crippen LogP contribution < -0.4 is 0 Å². The van der Waals surface area contributed by atoms with E-state index in [9.17, 15) is 4.79 Å². The van der Waals surface area contributed by atoms with Crippen molar-refractivity contribution in [3.8, 4) is 0 Å². The molecule has 0 saturated heterocycles. The number of hydrogen-bond donors (Lipinski definition) is 0. The average molecular weight is 388 g/mol. The Morgan fingerprint density at radius 2 is 1.86 bits per heavy atom. The van der Waals surface area contributed by atoms with Crippen LogP contribution >= 0.6 is 0 Å². The quantitative estimate of drug-likeness (QED) is 0.587. The third-order valence-corrected chi connectivity index (χ3v) is 8.05. The van der Waals surface area contributed by atoms with Crippen LogP contribution in [0.25, 0.3) is 0 Å². The molecule has 14 heavy (non-hydrogen) atoms. The van der Waals surface area contributed by atoms with Gasteiger partial charge in [-0.3, -0.25) is 0 Å². The molecule has 1 unspecified atom stereocenters. The molecule has 0 heterocycles. The molecule has 0 aromatic heterocycles. The fourth-order valence-electron chi connectivity index (χ4n) is 1.39. The number of esters is 1. The second-order valence-electron chi connectivity index (χ2n) is 3.30. The van der Waals surface area contributed by atoms with Crippen molar-refractivity contribution in [2.45, 2.75) is 12.9 Å². The van der Waals surface area contributed by atoms with Gasteiger partial charge in [0.15, 0.2) is 0 Å². The Morgan fingerprint density at radius 3 is 2.29 bits per heavy atom. The van der Waals surface area contributed by atoms with E-state index < -0.39 is 21.8 Å².